The maximum absolute atomic E-state index is 12.7. The molecule has 2 aromatic rings. The summed E-state index contributed by atoms with van der Waals surface area (Å²) < 4.78 is 0. The first kappa shape index (κ1) is 16.2. The highest BCUT2D eigenvalue weighted by Crippen LogP contribution is 2.23. The van der Waals surface area contributed by atoms with Crippen LogP contribution in [0.25, 0.3) is 0 Å². The van der Waals surface area contributed by atoms with Crippen molar-refractivity contribution >= 4 is 11.9 Å². The molecule has 1 aromatic heterocycles. The third kappa shape index (κ3) is 3.45. The molecular weight excluding hydrogens is 304 g/mol. The van der Waals surface area contributed by atoms with Gasteiger partial charge in [-0.05, 0) is 43.9 Å². The number of carbonyl (C=O) groups excluding carboxylic acids is 1. The van der Waals surface area contributed by atoms with E-state index in [-0.39, 0.29) is 17.6 Å². The van der Waals surface area contributed by atoms with Gasteiger partial charge in [0.05, 0.1) is 5.56 Å². The number of amides is 1. The van der Waals surface area contributed by atoms with Crippen LogP contribution in [0.3, 0.4) is 0 Å². The number of nitrogens with zero attached hydrogens (tertiary/aromatic N) is 2. The molecule has 5 heteroatoms. The first-order valence-electron chi connectivity index (χ1n) is 8.10. The first-order chi connectivity index (χ1) is 11.5. The van der Waals surface area contributed by atoms with Gasteiger partial charge in [-0.15, -0.1) is 0 Å². The number of carboxylic acid groups (broad SMARTS) is 1. The van der Waals surface area contributed by atoms with E-state index < -0.39 is 5.97 Å². The minimum atomic E-state index is -1.09. The lowest BCUT2D eigenvalue weighted by Crippen LogP contribution is -2.36. The highest BCUT2D eigenvalue weighted by molar-refractivity contribution is 5.95. The molecule has 24 heavy (non-hydrogen) atoms. The van der Waals surface area contributed by atoms with Crippen molar-refractivity contribution in [2.75, 3.05) is 6.54 Å². The van der Waals surface area contributed by atoms with Gasteiger partial charge in [0.2, 0.25) is 0 Å². The van der Waals surface area contributed by atoms with Gasteiger partial charge in [-0.25, -0.2) is 9.78 Å². The molecule has 1 amide bonds. The van der Waals surface area contributed by atoms with Crippen molar-refractivity contribution in [1.82, 2.24) is 9.88 Å². The van der Waals surface area contributed by atoms with Gasteiger partial charge in [0, 0.05) is 18.8 Å². The van der Waals surface area contributed by atoms with Crippen molar-refractivity contribution in [3.05, 3.63) is 65.0 Å². The van der Waals surface area contributed by atoms with Crippen LogP contribution < -0.4 is 0 Å². The molecule has 0 aliphatic carbocycles. The van der Waals surface area contributed by atoms with Crippen molar-refractivity contribution in [2.45, 2.75) is 32.2 Å². The largest absolute Gasteiger partial charge is 0.477 e. The monoisotopic (exact) mass is 324 g/mol. The zero-order valence-electron chi connectivity index (χ0n) is 13.6. The lowest BCUT2D eigenvalue weighted by molar-refractivity contribution is 0.0685. The van der Waals surface area contributed by atoms with E-state index in [9.17, 15) is 9.59 Å². The molecule has 1 aliphatic rings. The van der Waals surface area contributed by atoms with Crippen LogP contribution in [0.15, 0.2) is 42.6 Å². The standard InChI is InChI=1S/C19H20N2O3/c1-13-4-6-14(7-5-13)11-16-3-2-10-21(16)18(22)15-8-9-17(19(23)24)20-12-15/h4-9,12,16H,2-3,10-11H2,1H3,(H,23,24). The van der Waals surface area contributed by atoms with Crippen LogP contribution in [0, 0.1) is 6.92 Å². The van der Waals surface area contributed by atoms with Gasteiger partial charge in [-0.3, -0.25) is 4.79 Å². The summed E-state index contributed by atoms with van der Waals surface area (Å²) in [5.41, 5.74) is 2.84. The zero-order chi connectivity index (χ0) is 17.1. The Hall–Kier alpha value is -2.69. The van der Waals surface area contributed by atoms with Crippen molar-refractivity contribution in [2.24, 2.45) is 0 Å². The molecular formula is C19H20N2O3. The van der Waals surface area contributed by atoms with Gasteiger partial charge >= 0.3 is 5.97 Å². The molecule has 0 bridgehead atoms. The second-order valence-electron chi connectivity index (χ2n) is 6.22. The fourth-order valence-corrected chi connectivity index (χ4v) is 3.12. The zero-order valence-corrected chi connectivity index (χ0v) is 13.6. The average Bonchev–Trinajstić information content (AvgIpc) is 3.04. The highest BCUT2D eigenvalue weighted by atomic mass is 16.4. The van der Waals surface area contributed by atoms with Crippen LogP contribution >= 0.6 is 0 Å². The summed E-state index contributed by atoms with van der Waals surface area (Å²) in [5.74, 6) is -1.17. The van der Waals surface area contributed by atoms with Gasteiger partial charge in [0.1, 0.15) is 5.69 Å². The molecule has 3 rings (SSSR count). The Morgan fingerprint density at radius 1 is 1.21 bits per heavy atom. The van der Waals surface area contributed by atoms with E-state index in [1.54, 1.807) is 6.07 Å². The predicted molar refractivity (Wildman–Crippen MR) is 90.1 cm³/mol. The summed E-state index contributed by atoms with van der Waals surface area (Å²) in [7, 11) is 0. The number of aryl methyl sites for hydroxylation is 1. The number of hydrogen-bond donors (Lipinski definition) is 1. The van der Waals surface area contributed by atoms with E-state index in [0.717, 1.165) is 25.8 Å². The third-order valence-corrected chi connectivity index (χ3v) is 4.46. The number of aromatic carboxylic acids is 1. The second-order valence-corrected chi connectivity index (χ2v) is 6.22. The molecule has 1 fully saturated rings. The van der Waals surface area contributed by atoms with Crippen molar-refractivity contribution in [3.63, 3.8) is 0 Å². The van der Waals surface area contributed by atoms with E-state index in [1.807, 2.05) is 4.90 Å². The number of likely N-dealkylation sites (tertiary alicyclic amines) is 1. The van der Waals surface area contributed by atoms with Crippen molar-refractivity contribution < 1.29 is 14.7 Å². The van der Waals surface area contributed by atoms with Crippen LogP contribution in [-0.2, 0) is 6.42 Å². The van der Waals surface area contributed by atoms with Gasteiger partial charge < -0.3 is 10.0 Å². The predicted octanol–water partition coefficient (Wildman–Crippen LogP) is 2.94. The van der Waals surface area contributed by atoms with Crippen LogP contribution in [0.1, 0.15) is 44.8 Å². The van der Waals surface area contributed by atoms with E-state index in [1.165, 1.54) is 23.4 Å². The molecule has 1 saturated heterocycles. The molecule has 1 atom stereocenters. The molecule has 1 N–H and O–H groups in total. The maximum atomic E-state index is 12.7. The number of rotatable bonds is 4. The number of pyridine rings is 1. The van der Waals surface area contributed by atoms with Gasteiger partial charge in [-0.1, -0.05) is 29.8 Å². The van der Waals surface area contributed by atoms with Gasteiger partial charge in [-0.2, -0.15) is 0 Å². The Kier molecular flexibility index (Phi) is 4.60. The first-order valence-corrected chi connectivity index (χ1v) is 8.10. The normalized spacial score (nSPS) is 17.0. The maximum Gasteiger partial charge on any atom is 0.354 e. The van der Waals surface area contributed by atoms with Crippen LogP contribution in [-0.4, -0.2) is 39.5 Å². The summed E-state index contributed by atoms with van der Waals surface area (Å²) in [4.78, 5) is 29.3. The van der Waals surface area contributed by atoms with Crippen molar-refractivity contribution in [3.8, 4) is 0 Å². The average molecular weight is 324 g/mol. The molecule has 0 spiro atoms. The third-order valence-electron chi connectivity index (χ3n) is 4.46. The number of benzene rings is 1. The van der Waals surface area contributed by atoms with Crippen molar-refractivity contribution in [1.29, 1.82) is 0 Å². The molecule has 0 radical (unpaired) electrons. The van der Waals surface area contributed by atoms with Crippen LogP contribution in [0.4, 0.5) is 0 Å². The molecule has 124 valence electrons. The number of carbonyl (C=O) groups is 2. The molecule has 1 aromatic carbocycles. The van der Waals surface area contributed by atoms with E-state index in [4.69, 9.17) is 5.11 Å². The quantitative estimate of drug-likeness (QED) is 0.938. The Morgan fingerprint density at radius 3 is 2.58 bits per heavy atom. The summed E-state index contributed by atoms with van der Waals surface area (Å²) in [6, 6.07) is 11.5. The number of hydrogen-bond acceptors (Lipinski definition) is 3. The minimum absolute atomic E-state index is 0.0517. The molecule has 1 unspecified atom stereocenters. The lowest BCUT2D eigenvalue weighted by atomic mass is 10.0. The Morgan fingerprint density at radius 2 is 1.96 bits per heavy atom. The topological polar surface area (TPSA) is 70.5 Å². The number of carboxylic acids is 1. The fourth-order valence-electron chi connectivity index (χ4n) is 3.12. The Balaban J connectivity index is 1.73. The number of aromatic nitrogens is 1. The SMILES string of the molecule is Cc1ccc(CC2CCCN2C(=O)c2ccc(C(=O)O)nc2)cc1. The molecule has 2 heterocycles. The highest BCUT2D eigenvalue weighted by Gasteiger charge is 2.29. The summed E-state index contributed by atoms with van der Waals surface area (Å²) in [5, 5.41) is 8.89. The smallest absolute Gasteiger partial charge is 0.354 e. The fraction of sp³-hybridized carbons (Fsp3) is 0.316. The van der Waals surface area contributed by atoms with E-state index in [2.05, 4.69) is 36.2 Å². The van der Waals surface area contributed by atoms with E-state index >= 15 is 0 Å². The summed E-state index contributed by atoms with van der Waals surface area (Å²) in [6.45, 7) is 2.79. The molecule has 1 aliphatic heterocycles. The molecule has 0 saturated carbocycles. The minimum Gasteiger partial charge on any atom is -0.477 e. The Bertz CT molecular complexity index is 738. The second kappa shape index (κ2) is 6.83. The van der Waals surface area contributed by atoms with E-state index in [0.29, 0.717) is 5.56 Å². The molecule has 5 nitrogen and oxygen atoms in total. The van der Waals surface area contributed by atoms with Gasteiger partial charge in [0.25, 0.3) is 5.91 Å². The Labute approximate surface area is 140 Å². The van der Waals surface area contributed by atoms with Gasteiger partial charge in [0.15, 0.2) is 0 Å². The summed E-state index contributed by atoms with van der Waals surface area (Å²) >= 11 is 0. The van der Waals surface area contributed by atoms with Crippen LogP contribution in [0.2, 0.25) is 0 Å². The lowest BCUT2D eigenvalue weighted by Gasteiger charge is -2.25. The summed E-state index contributed by atoms with van der Waals surface area (Å²) in [6.07, 6.45) is 4.17. The van der Waals surface area contributed by atoms with Crippen LogP contribution in [0.5, 0.6) is 0 Å².